The predicted octanol–water partition coefficient (Wildman–Crippen LogP) is 4.94. The van der Waals surface area contributed by atoms with E-state index in [1.54, 1.807) is 10.8 Å². The van der Waals surface area contributed by atoms with Gasteiger partial charge in [0, 0.05) is 23.0 Å². The first-order chi connectivity index (χ1) is 15.7. The summed E-state index contributed by atoms with van der Waals surface area (Å²) in [6.07, 6.45) is 2.80. The molecule has 0 aliphatic heterocycles. The maximum Gasteiger partial charge on any atom is 0.387 e. The largest absolute Gasteiger partial charge is 0.452 e. The standard InChI is InChI=1S/C23H20ClF2N3O4/c1-14-18(15(2)29(28-14)17-6-4-3-5-7-17)9-11-22(31)32-13-21(30)27-16-8-10-20(19(24)12-16)33-23(25)26/h3-12,23H,13H2,1-2H3,(H,27,30)/b11-9+. The van der Waals surface area contributed by atoms with Crippen molar-refractivity contribution in [2.45, 2.75) is 20.5 Å². The molecule has 1 aromatic heterocycles. The Labute approximate surface area is 193 Å². The number of nitrogens with zero attached hydrogens (tertiary/aromatic N) is 2. The van der Waals surface area contributed by atoms with Gasteiger partial charge in [-0.2, -0.15) is 13.9 Å². The van der Waals surface area contributed by atoms with E-state index in [1.807, 2.05) is 44.2 Å². The quantitative estimate of drug-likeness (QED) is 0.368. The summed E-state index contributed by atoms with van der Waals surface area (Å²) in [6.45, 7) is 0.148. The number of hydrogen-bond donors (Lipinski definition) is 1. The summed E-state index contributed by atoms with van der Waals surface area (Å²) in [5.41, 5.74) is 3.47. The van der Waals surface area contributed by atoms with E-state index in [0.717, 1.165) is 22.6 Å². The van der Waals surface area contributed by atoms with E-state index < -0.39 is 25.1 Å². The molecule has 0 aliphatic carbocycles. The van der Waals surface area contributed by atoms with Gasteiger partial charge in [-0.15, -0.1) is 0 Å². The average molecular weight is 476 g/mol. The van der Waals surface area contributed by atoms with Crippen LogP contribution < -0.4 is 10.1 Å². The van der Waals surface area contributed by atoms with Crippen LogP contribution in [-0.2, 0) is 14.3 Å². The first-order valence-corrected chi connectivity index (χ1v) is 10.1. The lowest BCUT2D eigenvalue weighted by Gasteiger charge is -2.09. The number of nitrogens with one attached hydrogen (secondary N) is 1. The third kappa shape index (κ3) is 6.39. The molecule has 1 amide bonds. The van der Waals surface area contributed by atoms with Crippen LogP contribution in [-0.4, -0.2) is 34.9 Å². The number of rotatable bonds is 8. The fourth-order valence-electron chi connectivity index (χ4n) is 3.02. The van der Waals surface area contributed by atoms with Gasteiger partial charge in [-0.3, -0.25) is 4.79 Å². The molecule has 3 rings (SSSR count). The van der Waals surface area contributed by atoms with Crippen LogP contribution in [0.25, 0.3) is 11.8 Å². The molecule has 0 radical (unpaired) electrons. The van der Waals surface area contributed by atoms with E-state index in [-0.39, 0.29) is 16.5 Å². The van der Waals surface area contributed by atoms with Crippen molar-refractivity contribution in [1.82, 2.24) is 9.78 Å². The van der Waals surface area contributed by atoms with Crippen molar-refractivity contribution >= 4 is 35.2 Å². The van der Waals surface area contributed by atoms with Crippen LogP contribution in [0, 0.1) is 13.8 Å². The molecule has 2 aromatic carbocycles. The summed E-state index contributed by atoms with van der Waals surface area (Å²) in [5, 5.41) is 6.85. The zero-order valence-electron chi connectivity index (χ0n) is 17.7. The number of para-hydroxylation sites is 1. The molecule has 0 atom stereocenters. The van der Waals surface area contributed by atoms with Crippen molar-refractivity contribution in [3.8, 4) is 11.4 Å². The molecule has 3 aromatic rings. The minimum Gasteiger partial charge on any atom is -0.452 e. The average Bonchev–Trinajstić information content (AvgIpc) is 3.06. The van der Waals surface area contributed by atoms with E-state index in [9.17, 15) is 18.4 Å². The summed E-state index contributed by atoms with van der Waals surface area (Å²) < 4.78 is 35.5. The molecule has 0 saturated carbocycles. The van der Waals surface area contributed by atoms with Crippen molar-refractivity contribution in [1.29, 1.82) is 0 Å². The molecule has 0 aliphatic rings. The van der Waals surface area contributed by atoms with Crippen LogP contribution in [0.1, 0.15) is 17.0 Å². The van der Waals surface area contributed by atoms with Crippen molar-refractivity contribution < 1.29 is 27.8 Å². The highest BCUT2D eigenvalue weighted by molar-refractivity contribution is 6.32. The van der Waals surface area contributed by atoms with Gasteiger partial charge in [-0.05, 0) is 50.3 Å². The third-order valence-electron chi connectivity index (χ3n) is 4.51. The lowest BCUT2D eigenvalue weighted by Crippen LogP contribution is -2.20. The molecular formula is C23H20ClF2N3O4. The smallest absolute Gasteiger partial charge is 0.387 e. The highest BCUT2D eigenvalue weighted by Gasteiger charge is 2.13. The van der Waals surface area contributed by atoms with Crippen LogP contribution in [0.4, 0.5) is 14.5 Å². The highest BCUT2D eigenvalue weighted by Crippen LogP contribution is 2.29. The Morgan fingerprint density at radius 2 is 1.91 bits per heavy atom. The predicted molar refractivity (Wildman–Crippen MR) is 120 cm³/mol. The lowest BCUT2D eigenvalue weighted by molar-refractivity contribution is -0.142. The molecule has 7 nitrogen and oxygen atoms in total. The number of ether oxygens (including phenoxy) is 2. The summed E-state index contributed by atoms with van der Waals surface area (Å²) in [7, 11) is 0. The monoisotopic (exact) mass is 475 g/mol. The number of halogens is 3. The van der Waals surface area contributed by atoms with Crippen LogP contribution in [0.5, 0.6) is 5.75 Å². The lowest BCUT2D eigenvalue weighted by atomic mass is 10.2. The summed E-state index contributed by atoms with van der Waals surface area (Å²) >= 11 is 5.84. The molecule has 0 unspecified atom stereocenters. The molecule has 172 valence electrons. The number of alkyl halides is 2. The van der Waals surface area contributed by atoms with Crippen LogP contribution in [0.15, 0.2) is 54.6 Å². The maximum atomic E-state index is 12.3. The third-order valence-corrected chi connectivity index (χ3v) is 4.81. The van der Waals surface area contributed by atoms with Gasteiger partial charge in [-0.25, -0.2) is 9.48 Å². The van der Waals surface area contributed by atoms with Gasteiger partial charge in [0.05, 0.1) is 16.4 Å². The summed E-state index contributed by atoms with van der Waals surface area (Å²) in [6, 6.07) is 13.3. The van der Waals surface area contributed by atoms with Gasteiger partial charge in [-0.1, -0.05) is 29.8 Å². The molecule has 10 heteroatoms. The van der Waals surface area contributed by atoms with E-state index >= 15 is 0 Å². The fraction of sp³-hybridized carbons (Fsp3) is 0.174. The second kappa shape index (κ2) is 10.7. The van der Waals surface area contributed by atoms with Crippen molar-refractivity contribution in [3.05, 3.63) is 76.6 Å². The van der Waals surface area contributed by atoms with Crippen LogP contribution in [0.3, 0.4) is 0 Å². The van der Waals surface area contributed by atoms with Crippen molar-refractivity contribution in [3.63, 3.8) is 0 Å². The van der Waals surface area contributed by atoms with E-state index in [2.05, 4.69) is 15.2 Å². The van der Waals surface area contributed by atoms with Crippen molar-refractivity contribution in [2.75, 3.05) is 11.9 Å². The van der Waals surface area contributed by atoms with Gasteiger partial charge in [0.1, 0.15) is 5.75 Å². The normalized spacial score (nSPS) is 11.1. The molecule has 0 bridgehead atoms. The zero-order valence-corrected chi connectivity index (χ0v) is 18.5. The molecule has 0 fully saturated rings. The second-order valence-electron chi connectivity index (χ2n) is 6.84. The number of aromatic nitrogens is 2. The molecule has 0 saturated heterocycles. The molecule has 0 spiro atoms. The maximum absolute atomic E-state index is 12.3. The first-order valence-electron chi connectivity index (χ1n) is 9.75. The van der Waals surface area contributed by atoms with Crippen LogP contribution in [0.2, 0.25) is 5.02 Å². The molecule has 1 N–H and O–H groups in total. The number of amides is 1. The number of esters is 1. The Kier molecular flexibility index (Phi) is 7.78. The van der Waals surface area contributed by atoms with E-state index in [1.165, 1.54) is 24.3 Å². The van der Waals surface area contributed by atoms with Crippen LogP contribution >= 0.6 is 11.6 Å². The Bertz CT molecular complexity index is 1180. The van der Waals surface area contributed by atoms with Gasteiger partial charge < -0.3 is 14.8 Å². The first kappa shape index (κ1) is 23.9. The molecular weight excluding hydrogens is 456 g/mol. The number of benzene rings is 2. The minimum absolute atomic E-state index is 0.102. The number of hydrogen-bond acceptors (Lipinski definition) is 5. The minimum atomic E-state index is -3.02. The Balaban J connectivity index is 1.56. The van der Waals surface area contributed by atoms with Crippen molar-refractivity contribution in [2.24, 2.45) is 0 Å². The second-order valence-corrected chi connectivity index (χ2v) is 7.25. The van der Waals surface area contributed by atoms with E-state index in [4.69, 9.17) is 16.3 Å². The molecule has 1 heterocycles. The van der Waals surface area contributed by atoms with Gasteiger partial charge in [0.2, 0.25) is 0 Å². The SMILES string of the molecule is Cc1nn(-c2ccccc2)c(C)c1/C=C/C(=O)OCC(=O)Nc1ccc(OC(F)F)c(Cl)c1. The number of anilines is 1. The highest BCUT2D eigenvalue weighted by atomic mass is 35.5. The number of aryl methyl sites for hydroxylation is 1. The number of carbonyl (C=O) groups is 2. The van der Waals surface area contributed by atoms with Gasteiger partial charge in [0.25, 0.3) is 5.91 Å². The number of carbonyl (C=O) groups excluding carboxylic acids is 2. The fourth-order valence-corrected chi connectivity index (χ4v) is 3.25. The Hall–Kier alpha value is -3.72. The summed E-state index contributed by atoms with van der Waals surface area (Å²) in [5.74, 6) is -1.56. The van der Waals surface area contributed by atoms with E-state index in [0.29, 0.717) is 0 Å². The molecule has 33 heavy (non-hydrogen) atoms. The Morgan fingerprint density at radius 1 is 1.18 bits per heavy atom. The zero-order chi connectivity index (χ0) is 24.0. The Morgan fingerprint density at radius 3 is 2.58 bits per heavy atom. The van der Waals surface area contributed by atoms with Gasteiger partial charge in [0.15, 0.2) is 6.61 Å². The summed E-state index contributed by atoms with van der Waals surface area (Å²) in [4.78, 5) is 24.1. The topological polar surface area (TPSA) is 82.5 Å². The van der Waals surface area contributed by atoms with Gasteiger partial charge >= 0.3 is 12.6 Å².